The van der Waals surface area contributed by atoms with Gasteiger partial charge in [0.25, 0.3) is 6.17 Å². The third-order valence-corrected chi connectivity index (χ3v) is 6.65. The lowest BCUT2D eigenvalue weighted by atomic mass is 9.80. The molecule has 2 aromatic rings. The third kappa shape index (κ3) is 2.94. The van der Waals surface area contributed by atoms with E-state index in [2.05, 4.69) is 0 Å². The molecule has 0 bridgehead atoms. The molecule has 1 fully saturated rings. The summed E-state index contributed by atoms with van der Waals surface area (Å²) in [4.78, 5) is 11.3. The van der Waals surface area contributed by atoms with Gasteiger partial charge in [0.15, 0.2) is 0 Å². The van der Waals surface area contributed by atoms with Gasteiger partial charge in [-0.2, -0.15) is 0 Å². The molecule has 0 aliphatic carbocycles. The van der Waals surface area contributed by atoms with Gasteiger partial charge in [-0.1, -0.05) is 55.0 Å². The van der Waals surface area contributed by atoms with Crippen LogP contribution in [0.2, 0.25) is 0 Å². The number of benzene rings is 2. The number of rotatable bonds is 5. The maximum atomic E-state index is 13.0. The van der Waals surface area contributed by atoms with Crippen LogP contribution in [-0.4, -0.2) is 29.9 Å². The highest BCUT2D eigenvalue weighted by atomic mass is 32.2. The maximum Gasteiger partial charge on any atom is 0.289 e. The second-order valence-corrected chi connectivity index (χ2v) is 8.10. The molecule has 1 aliphatic rings. The van der Waals surface area contributed by atoms with Crippen LogP contribution in [0.3, 0.4) is 0 Å². The normalized spacial score (nSPS) is 23.8. The van der Waals surface area contributed by atoms with Gasteiger partial charge in [0.05, 0.1) is 10.8 Å². The van der Waals surface area contributed by atoms with E-state index in [0.29, 0.717) is 6.42 Å². The molecule has 7 heteroatoms. The first kappa shape index (κ1) is 17.6. The van der Waals surface area contributed by atoms with Crippen molar-refractivity contribution in [2.45, 2.75) is 43.3 Å². The van der Waals surface area contributed by atoms with Crippen LogP contribution in [0.25, 0.3) is 0 Å². The number of nitrogens with zero attached hydrogens (tertiary/aromatic N) is 2. The van der Waals surface area contributed by atoms with Crippen molar-refractivity contribution in [1.82, 2.24) is 4.31 Å². The number of nitro groups is 1. The van der Waals surface area contributed by atoms with Crippen LogP contribution in [0.1, 0.15) is 30.4 Å². The summed E-state index contributed by atoms with van der Waals surface area (Å²) in [7, 11) is -3.92. The lowest BCUT2D eigenvalue weighted by Crippen LogP contribution is -2.66. The van der Waals surface area contributed by atoms with E-state index in [1.165, 1.54) is 12.1 Å². The van der Waals surface area contributed by atoms with E-state index in [4.69, 9.17) is 0 Å². The molecule has 0 aromatic heterocycles. The molecule has 132 valence electrons. The lowest BCUT2D eigenvalue weighted by molar-refractivity contribution is -0.570. The van der Waals surface area contributed by atoms with Gasteiger partial charge in [-0.15, -0.1) is 4.31 Å². The van der Waals surface area contributed by atoms with Crippen molar-refractivity contribution >= 4 is 10.0 Å². The summed E-state index contributed by atoms with van der Waals surface area (Å²) in [5, 5.41) is 11.7. The van der Waals surface area contributed by atoms with E-state index in [1.807, 2.05) is 44.2 Å². The Morgan fingerprint density at radius 3 is 2.20 bits per heavy atom. The Hall–Kier alpha value is -2.25. The summed E-state index contributed by atoms with van der Waals surface area (Å²) >= 11 is 0. The highest BCUT2D eigenvalue weighted by Crippen LogP contribution is 2.45. The Morgan fingerprint density at radius 1 is 1.08 bits per heavy atom. The average Bonchev–Trinajstić information content (AvgIpc) is 2.55. The van der Waals surface area contributed by atoms with E-state index in [-0.39, 0.29) is 4.90 Å². The van der Waals surface area contributed by atoms with Crippen molar-refractivity contribution in [2.24, 2.45) is 0 Å². The molecule has 25 heavy (non-hydrogen) atoms. The Balaban J connectivity index is 2.03. The summed E-state index contributed by atoms with van der Waals surface area (Å²) < 4.78 is 27.1. The van der Waals surface area contributed by atoms with Gasteiger partial charge < -0.3 is 0 Å². The van der Waals surface area contributed by atoms with Crippen LogP contribution >= 0.6 is 0 Å². The van der Waals surface area contributed by atoms with Gasteiger partial charge in [0.1, 0.15) is 0 Å². The first-order chi connectivity index (χ1) is 11.9. The van der Waals surface area contributed by atoms with E-state index < -0.39 is 33.1 Å². The fraction of sp³-hybridized carbons (Fsp3) is 0.333. The average molecular weight is 360 g/mol. The van der Waals surface area contributed by atoms with Crippen LogP contribution in [0.5, 0.6) is 0 Å². The van der Waals surface area contributed by atoms with E-state index in [1.54, 1.807) is 12.1 Å². The molecule has 0 saturated carbocycles. The van der Waals surface area contributed by atoms with E-state index in [0.717, 1.165) is 15.4 Å². The smallest absolute Gasteiger partial charge is 0.263 e. The number of aryl methyl sites for hydroxylation is 1. The van der Waals surface area contributed by atoms with Crippen LogP contribution in [0, 0.1) is 17.0 Å². The molecule has 1 saturated heterocycles. The molecule has 0 spiro atoms. The molecular weight excluding hydrogens is 340 g/mol. The van der Waals surface area contributed by atoms with Crippen molar-refractivity contribution in [1.29, 1.82) is 0 Å². The first-order valence-corrected chi connectivity index (χ1v) is 9.60. The zero-order valence-electron chi connectivity index (χ0n) is 14.1. The monoisotopic (exact) mass is 360 g/mol. The molecule has 1 heterocycles. The summed E-state index contributed by atoms with van der Waals surface area (Å²) in [6.07, 6.45) is -0.770. The van der Waals surface area contributed by atoms with Crippen molar-refractivity contribution in [3.63, 3.8) is 0 Å². The minimum Gasteiger partial charge on any atom is -0.263 e. The van der Waals surface area contributed by atoms with Crippen molar-refractivity contribution in [3.8, 4) is 0 Å². The highest BCUT2D eigenvalue weighted by Gasteiger charge is 2.61. The zero-order chi connectivity index (χ0) is 18.2. The molecule has 0 unspecified atom stereocenters. The molecule has 3 rings (SSSR count). The predicted octanol–water partition coefficient (Wildman–Crippen LogP) is 3.16. The molecule has 6 nitrogen and oxygen atoms in total. The molecule has 0 amide bonds. The minimum absolute atomic E-state index is 0.0925. The molecule has 0 radical (unpaired) electrons. The topological polar surface area (TPSA) is 80.5 Å². The third-order valence-electron chi connectivity index (χ3n) is 4.74. The predicted molar refractivity (Wildman–Crippen MR) is 94.2 cm³/mol. The number of hydrogen-bond donors (Lipinski definition) is 0. The molecule has 3 atom stereocenters. The quantitative estimate of drug-likeness (QED) is 0.606. The fourth-order valence-electron chi connectivity index (χ4n) is 3.49. The van der Waals surface area contributed by atoms with Crippen molar-refractivity contribution in [3.05, 3.63) is 75.8 Å². The molecular formula is C18H20N2O4S. The summed E-state index contributed by atoms with van der Waals surface area (Å²) in [5.41, 5.74) is 1.73. The number of hydrogen-bond acceptors (Lipinski definition) is 4. The van der Waals surface area contributed by atoms with Gasteiger partial charge >= 0.3 is 0 Å². The maximum absolute atomic E-state index is 13.0. The summed E-state index contributed by atoms with van der Waals surface area (Å²) in [6, 6.07) is 15.1. The second kappa shape index (κ2) is 6.57. The van der Waals surface area contributed by atoms with Gasteiger partial charge in [0.2, 0.25) is 10.0 Å². The largest absolute Gasteiger partial charge is 0.289 e. The van der Waals surface area contributed by atoms with E-state index >= 15 is 0 Å². The Kier molecular flexibility index (Phi) is 4.62. The Bertz CT molecular complexity index is 866. The zero-order valence-corrected chi connectivity index (χ0v) is 14.9. The Labute approximate surface area is 147 Å². The molecule has 1 aliphatic heterocycles. The second-order valence-electron chi connectivity index (χ2n) is 6.26. The van der Waals surface area contributed by atoms with Crippen molar-refractivity contribution in [2.75, 3.05) is 0 Å². The van der Waals surface area contributed by atoms with Gasteiger partial charge in [-0.05, 0) is 31.0 Å². The SMILES string of the molecule is CC[C@@H]1[C@@H](c2ccccc2)[C@H]([N+](=O)[O-])N1S(=O)(=O)c1ccc(C)cc1. The van der Waals surface area contributed by atoms with E-state index in [9.17, 15) is 18.5 Å². The molecule has 0 N–H and O–H groups in total. The van der Waals surface area contributed by atoms with Crippen LogP contribution < -0.4 is 0 Å². The first-order valence-electron chi connectivity index (χ1n) is 8.16. The standard InChI is InChI=1S/C18H20N2O4S/c1-3-16-17(14-7-5-4-6-8-14)18(20(21)22)19(16)25(23,24)15-11-9-13(2)10-12-15/h4-12,16-18H,3H2,1-2H3/t16-,17-,18+/m1/s1. The lowest BCUT2D eigenvalue weighted by Gasteiger charge is -2.47. The summed E-state index contributed by atoms with van der Waals surface area (Å²) in [5.74, 6) is -0.443. The van der Waals surface area contributed by atoms with Gasteiger partial charge in [-0.25, -0.2) is 8.42 Å². The van der Waals surface area contributed by atoms with Gasteiger partial charge in [0, 0.05) is 11.0 Å². The van der Waals surface area contributed by atoms with Crippen molar-refractivity contribution < 1.29 is 13.3 Å². The highest BCUT2D eigenvalue weighted by molar-refractivity contribution is 7.89. The van der Waals surface area contributed by atoms with Gasteiger partial charge in [-0.3, -0.25) is 10.1 Å². The Morgan fingerprint density at radius 2 is 1.68 bits per heavy atom. The fourth-order valence-corrected chi connectivity index (χ4v) is 5.34. The molecule has 2 aromatic carbocycles. The summed E-state index contributed by atoms with van der Waals surface area (Å²) in [6.45, 7) is 3.72. The number of sulfonamides is 1. The van der Waals surface area contributed by atoms with Crippen LogP contribution in [0.4, 0.5) is 0 Å². The van der Waals surface area contributed by atoms with Crippen LogP contribution in [0.15, 0.2) is 59.5 Å². The van der Waals surface area contributed by atoms with Crippen LogP contribution in [-0.2, 0) is 10.0 Å². The minimum atomic E-state index is -3.92.